The Morgan fingerprint density at radius 1 is 1.24 bits per heavy atom. The fourth-order valence-corrected chi connectivity index (χ4v) is 2.49. The summed E-state index contributed by atoms with van der Waals surface area (Å²) < 4.78 is 26.5. The van der Waals surface area contributed by atoms with Gasteiger partial charge in [-0.3, -0.25) is 0 Å². The predicted octanol–water partition coefficient (Wildman–Crippen LogP) is 2.89. The lowest BCUT2D eigenvalue weighted by molar-refractivity contribution is 0.332. The van der Waals surface area contributed by atoms with E-state index in [1.807, 2.05) is 0 Å². The van der Waals surface area contributed by atoms with Gasteiger partial charge in [0.2, 0.25) is 0 Å². The summed E-state index contributed by atoms with van der Waals surface area (Å²) in [5.41, 5.74) is 5.95. The molecule has 1 saturated carbocycles. The summed E-state index contributed by atoms with van der Waals surface area (Å²) in [4.78, 5) is 0. The molecule has 2 nitrogen and oxygen atoms in total. The Morgan fingerprint density at radius 2 is 2.00 bits per heavy atom. The normalized spacial score (nSPS) is 24.6. The zero-order valence-corrected chi connectivity index (χ0v) is 9.76. The van der Waals surface area contributed by atoms with Gasteiger partial charge in [-0.05, 0) is 43.5 Å². The van der Waals surface area contributed by atoms with Crippen LogP contribution < -0.4 is 11.1 Å². The zero-order valence-electron chi connectivity index (χ0n) is 9.76. The number of rotatable bonds is 3. The Morgan fingerprint density at radius 3 is 2.76 bits per heavy atom. The van der Waals surface area contributed by atoms with Crippen LogP contribution in [0.5, 0.6) is 0 Å². The van der Waals surface area contributed by atoms with Crippen LogP contribution in [0, 0.1) is 17.6 Å². The van der Waals surface area contributed by atoms with E-state index in [0.29, 0.717) is 12.5 Å². The Hall–Kier alpha value is -1.16. The lowest BCUT2D eigenvalue weighted by atomic mass is 9.84. The summed E-state index contributed by atoms with van der Waals surface area (Å²) in [6, 6.07) is 3.64. The van der Waals surface area contributed by atoms with Gasteiger partial charge in [-0.2, -0.15) is 0 Å². The highest BCUT2D eigenvalue weighted by Crippen LogP contribution is 2.27. The van der Waals surface area contributed by atoms with Crippen molar-refractivity contribution in [3.63, 3.8) is 0 Å². The molecule has 0 spiro atoms. The maximum Gasteiger partial charge on any atom is 0.146 e. The first kappa shape index (κ1) is 12.3. The molecule has 17 heavy (non-hydrogen) atoms. The van der Waals surface area contributed by atoms with Crippen molar-refractivity contribution in [1.29, 1.82) is 0 Å². The van der Waals surface area contributed by atoms with Crippen molar-refractivity contribution in [2.45, 2.75) is 31.7 Å². The second-order valence-corrected chi connectivity index (χ2v) is 4.66. The average Bonchev–Trinajstić information content (AvgIpc) is 2.34. The molecule has 2 atom stereocenters. The second kappa shape index (κ2) is 5.45. The van der Waals surface area contributed by atoms with E-state index >= 15 is 0 Å². The lowest BCUT2D eigenvalue weighted by Gasteiger charge is -2.32. The van der Waals surface area contributed by atoms with Crippen LogP contribution in [0.15, 0.2) is 18.2 Å². The van der Waals surface area contributed by atoms with Crippen molar-refractivity contribution in [2.24, 2.45) is 11.7 Å². The van der Waals surface area contributed by atoms with Crippen LogP contribution in [-0.4, -0.2) is 12.6 Å². The molecule has 4 heteroatoms. The summed E-state index contributed by atoms with van der Waals surface area (Å²) in [5, 5.41) is 3.10. The third kappa shape index (κ3) is 2.94. The highest BCUT2D eigenvalue weighted by atomic mass is 19.1. The lowest BCUT2D eigenvalue weighted by Crippen LogP contribution is -2.36. The number of benzene rings is 1. The maximum absolute atomic E-state index is 13.5. The molecule has 0 saturated heterocycles. The minimum atomic E-state index is -0.422. The molecule has 0 bridgehead atoms. The van der Waals surface area contributed by atoms with Crippen LogP contribution in [0.2, 0.25) is 0 Å². The number of hydrogen-bond donors (Lipinski definition) is 2. The largest absolute Gasteiger partial charge is 0.380 e. The van der Waals surface area contributed by atoms with Gasteiger partial charge in [0.25, 0.3) is 0 Å². The first-order valence-corrected chi connectivity index (χ1v) is 6.12. The molecular weight excluding hydrogens is 222 g/mol. The Bertz CT molecular complexity index is 382. The number of halogens is 2. The van der Waals surface area contributed by atoms with Crippen LogP contribution in [0.3, 0.4) is 0 Å². The highest BCUT2D eigenvalue weighted by Gasteiger charge is 2.24. The molecule has 1 aliphatic carbocycles. The van der Waals surface area contributed by atoms with Crippen LogP contribution in [0.4, 0.5) is 14.5 Å². The minimum Gasteiger partial charge on any atom is -0.380 e. The van der Waals surface area contributed by atoms with Gasteiger partial charge in [0.1, 0.15) is 11.6 Å². The van der Waals surface area contributed by atoms with Crippen LogP contribution in [0.1, 0.15) is 25.7 Å². The fourth-order valence-electron chi connectivity index (χ4n) is 2.49. The molecule has 3 N–H and O–H groups in total. The first-order chi connectivity index (χ1) is 8.20. The first-order valence-electron chi connectivity index (χ1n) is 6.12. The van der Waals surface area contributed by atoms with Crippen molar-refractivity contribution in [3.8, 4) is 0 Å². The fraction of sp³-hybridized carbons (Fsp3) is 0.538. The molecule has 0 radical (unpaired) electrons. The smallest absolute Gasteiger partial charge is 0.146 e. The number of nitrogens with two attached hydrogens (primary N) is 1. The molecule has 0 aliphatic heterocycles. The standard InChI is InChI=1S/C13H18F2N2/c14-10-5-6-11(15)13(7-10)17-12-4-2-1-3-9(12)8-16/h5-7,9,12,17H,1-4,8,16H2. The van der Waals surface area contributed by atoms with E-state index in [9.17, 15) is 8.78 Å². The van der Waals surface area contributed by atoms with E-state index in [4.69, 9.17) is 5.73 Å². The predicted molar refractivity (Wildman–Crippen MR) is 64.8 cm³/mol. The van der Waals surface area contributed by atoms with E-state index in [0.717, 1.165) is 31.4 Å². The molecule has 1 fully saturated rings. The molecule has 1 aromatic rings. The molecule has 94 valence electrons. The number of nitrogens with one attached hydrogen (secondary N) is 1. The van der Waals surface area contributed by atoms with Crippen molar-refractivity contribution < 1.29 is 8.78 Å². The third-order valence-electron chi connectivity index (χ3n) is 3.48. The average molecular weight is 240 g/mol. The maximum atomic E-state index is 13.5. The molecule has 0 aromatic heterocycles. The van der Waals surface area contributed by atoms with Crippen molar-refractivity contribution >= 4 is 5.69 Å². The van der Waals surface area contributed by atoms with Crippen LogP contribution >= 0.6 is 0 Å². The van der Waals surface area contributed by atoms with Gasteiger partial charge in [-0.25, -0.2) is 8.78 Å². The quantitative estimate of drug-likeness (QED) is 0.852. The Labute approximate surface area is 100 Å². The van der Waals surface area contributed by atoms with Gasteiger partial charge in [0.15, 0.2) is 0 Å². The van der Waals surface area contributed by atoms with Gasteiger partial charge in [-0.1, -0.05) is 12.8 Å². The SMILES string of the molecule is NCC1CCCCC1Nc1cc(F)ccc1F. The van der Waals surface area contributed by atoms with Crippen molar-refractivity contribution in [2.75, 3.05) is 11.9 Å². The van der Waals surface area contributed by atoms with Crippen LogP contribution in [-0.2, 0) is 0 Å². The van der Waals surface area contributed by atoms with Gasteiger partial charge in [-0.15, -0.1) is 0 Å². The number of hydrogen-bond acceptors (Lipinski definition) is 2. The van der Waals surface area contributed by atoms with Crippen molar-refractivity contribution in [1.82, 2.24) is 0 Å². The van der Waals surface area contributed by atoms with E-state index in [2.05, 4.69) is 5.32 Å². The van der Waals surface area contributed by atoms with Crippen LogP contribution in [0.25, 0.3) is 0 Å². The highest BCUT2D eigenvalue weighted by molar-refractivity contribution is 5.46. The second-order valence-electron chi connectivity index (χ2n) is 4.66. The molecule has 0 amide bonds. The Kier molecular flexibility index (Phi) is 3.94. The molecule has 2 unspecified atom stereocenters. The molecule has 0 heterocycles. The molecule has 2 rings (SSSR count). The topological polar surface area (TPSA) is 38.0 Å². The number of anilines is 1. The summed E-state index contributed by atoms with van der Waals surface area (Å²) in [7, 11) is 0. The summed E-state index contributed by atoms with van der Waals surface area (Å²) in [6.07, 6.45) is 4.32. The molecule has 1 aromatic carbocycles. The summed E-state index contributed by atoms with van der Waals surface area (Å²) in [5.74, 6) is -0.479. The third-order valence-corrected chi connectivity index (χ3v) is 3.48. The summed E-state index contributed by atoms with van der Waals surface area (Å²) in [6.45, 7) is 0.592. The van der Waals surface area contributed by atoms with E-state index in [1.165, 1.54) is 12.5 Å². The monoisotopic (exact) mass is 240 g/mol. The van der Waals surface area contributed by atoms with Gasteiger partial charge < -0.3 is 11.1 Å². The minimum absolute atomic E-state index is 0.157. The van der Waals surface area contributed by atoms with Gasteiger partial charge in [0.05, 0.1) is 5.69 Å². The van der Waals surface area contributed by atoms with Gasteiger partial charge >= 0.3 is 0 Å². The van der Waals surface area contributed by atoms with Gasteiger partial charge in [0, 0.05) is 6.04 Å². The van der Waals surface area contributed by atoms with E-state index in [-0.39, 0.29) is 11.7 Å². The zero-order chi connectivity index (χ0) is 12.3. The van der Waals surface area contributed by atoms with E-state index < -0.39 is 11.6 Å². The molecule has 1 aliphatic rings. The molecular formula is C13H18F2N2. The van der Waals surface area contributed by atoms with E-state index in [1.54, 1.807) is 0 Å². The summed E-state index contributed by atoms with van der Waals surface area (Å²) >= 11 is 0. The Balaban J connectivity index is 2.10. The van der Waals surface area contributed by atoms with Crippen molar-refractivity contribution in [3.05, 3.63) is 29.8 Å².